The Balaban J connectivity index is 2.54. The smallest absolute Gasteiger partial charge is 0.155 e. The molecule has 0 unspecified atom stereocenters. The monoisotopic (exact) mass is 232 g/mol. The molecule has 0 aliphatic carbocycles. The molecule has 0 fully saturated rings. The molecule has 88 valence electrons. The lowest BCUT2D eigenvalue weighted by Crippen LogP contribution is -2.11. The highest BCUT2D eigenvalue weighted by Gasteiger charge is 2.13. The highest BCUT2D eigenvalue weighted by atomic mass is 16.5. The van der Waals surface area contributed by atoms with E-state index in [1.54, 1.807) is 18.2 Å². The summed E-state index contributed by atoms with van der Waals surface area (Å²) in [5.41, 5.74) is 1.13. The highest BCUT2D eigenvalue weighted by molar-refractivity contribution is 5.81. The van der Waals surface area contributed by atoms with Gasteiger partial charge in [0.2, 0.25) is 0 Å². The number of aldehydes is 1. The van der Waals surface area contributed by atoms with Gasteiger partial charge >= 0.3 is 0 Å². The van der Waals surface area contributed by atoms with Crippen LogP contribution in [0.3, 0.4) is 0 Å². The third kappa shape index (κ3) is 2.30. The number of benzene rings is 1. The van der Waals surface area contributed by atoms with Gasteiger partial charge < -0.3 is 4.74 Å². The van der Waals surface area contributed by atoms with E-state index in [0.29, 0.717) is 17.0 Å². The second-order valence-electron chi connectivity index (χ2n) is 3.73. The quantitative estimate of drug-likeness (QED) is 0.742. The zero-order valence-electron chi connectivity index (χ0n) is 9.57. The molecule has 0 radical (unpaired) electrons. The molecule has 0 saturated heterocycles. The van der Waals surface area contributed by atoms with Crippen LogP contribution in [0, 0.1) is 0 Å². The van der Waals surface area contributed by atoms with Crippen molar-refractivity contribution in [2.45, 2.75) is 20.0 Å². The standard InChI is InChI=1S/C11H12N4O2/c1-8(2)17-11-9(6-16)4-3-5-10(11)15-7-12-13-14-15/h3-8H,1-2H3. The van der Waals surface area contributed by atoms with E-state index in [2.05, 4.69) is 15.5 Å². The Morgan fingerprint density at radius 1 is 1.41 bits per heavy atom. The van der Waals surface area contributed by atoms with E-state index in [9.17, 15) is 4.79 Å². The summed E-state index contributed by atoms with van der Waals surface area (Å²) in [6, 6.07) is 5.24. The van der Waals surface area contributed by atoms with E-state index in [4.69, 9.17) is 4.74 Å². The van der Waals surface area contributed by atoms with Gasteiger partial charge in [0.25, 0.3) is 0 Å². The SMILES string of the molecule is CC(C)Oc1c(C=O)cccc1-n1cnnn1. The predicted octanol–water partition coefficient (Wildman–Crippen LogP) is 1.26. The number of carbonyl (C=O) groups excluding carboxylic acids is 1. The number of para-hydroxylation sites is 1. The summed E-state index contributed by atoms with van der Waals surface area (Å²) in [6.45, 7) is 3.79. The molecule has 0 N–H and O–H groups in total. The number of ether oxygens (including phenoxy) is 1. The van der Waals surface area contributed by atoms with Crippen LogP contribution in [-0.4, -0.2) is 32.6 Å². The Morgan fingerprint density at radius 2 is 2.24 bits per heavy atom. The van der Waals surface area contributed by atoms with Gasteiger partial charge in [0.05, 0.1) is 11.7 Å². The van der Waals surface area contributed by atoms with Gasteiger partial charge in [0.15, 0.2) is 12.0 Å². The van der Waals surface area contributed by atoms with Gasteiger partial charge in [-0.2, -0.15) is 4.68 Å². The third-order valence-corrected chi connectivity index (χ3v) is 2.10. The summed E-state index contributed by atoms with van der Waals surface area (Å²) in [4.78, 5) is 11.0. The van der Waals surface area contributed by atoms with Crippen LogP contribution in [0.25, 0.3) is 5.69 Å². The Kier molecular flexibility index (Phi) is 3.13. The van der Waals surface area contributed by atoms with E-state index >= 15 is 0 Å². The summed E-state index contributed by atoms with van der Waals surface area (Å²) < 4.78 is 7.11. The topological polar surface area (TPSA) is 69.9 Å². The van der Waals surface area contributed by atoms with Crippen molar-refractivity contribution in [1.29, 1.82) is 0 Å². The van der Waals surface area contributed by atoms with Crippen LogP contribution in [0.5, 0.6) is 5.75 Å². The summed E-state index contributed by atoms with van der Waals surface area (Å²) in [5, 5.41) is 10.9. The van der Waals surface area contributed by atoms with Crippen molar-refractivity contribution in [2.75, 3.05) is 0 Å². The van der Waals surface area contributed by atoms with Gasteiger partial charge in [-0.05, 0) is 36.4 Å². The van der Waals surface area contributed by atoms with Gasteiger partial charge in [-0.15, -0.1) is 5.10 Å². The van der Waals surface area contributed by atoms with Gasteiger partial charge in [-0.3, -0.25) is 4.79 Å². The van der Waals surface area contributed by atoms with Crippen molar-refractivity contribution in [1.82, 2.24) is 20.2 Å². The molecule has 0 amide bonds. The van der Waals surface area contributed by atoms with E-state index < -0.39 is 0 Å². The van der Waals surface area contributed by atoms with Crippen molar-refractivity contribution in [3.05, 3.63) is 30.1 Å². The maximum Gasteiger partial charge on any atom is 0.155 e. The Bertz CT molecular complexity index is 508. The number of aromatic nitrogens is 4. The first-order valence-electron chi connectivity index (χ1n) is 5.20. The molecule has 2 rings (SSSR count). The van der Waals surface area contributed by atoms with Gasteiger partial charge in [-0.1, -0.05) is 6.07 Å². The lowest BCUT2D eigenvalue weighted by molar-refractivity contribution is 0.111. The summed E-state index contributed by atoms with van der Waals surface area (Å²) in [5.74, 6) is 0.491. The first-order chi connectivity index (χ1) is 8.22. The Morgan fingerprint density at radius 3 is 2.82 bits per heavy atom. The lowest BCUT2D eigenvalue weighted by Gasteiger charge is -2.15. The molecular weight excluding hydrogens is 220 g/mol. The van der Waals surface area contributed by atoms with Crippen LogP contribution in [0.1, 0.15) is 24.2 Å². The molecule has 17 heavy (non-hydrogen) atoms. The van der Waals surface area contributed by atoms with Crippen molar-refractivity contribution in [2.24, 2.45) is 0 Å². The number of carbonyl (C=O) groups is 1. The first kappa shape index (κ1) is 11.3. The fourth-order valence-corrected chi connectivity index (χ4v) is 1.45. The fraction of sp³-hybridized carbons (Fsp3) is 0.273. The molecule has 2 aromatic rings. The maximum absolute atomic E-state index is 11.0. The fourth-order valence-electron chi connectivity index (χ4n) is 1.45. The zero-order chi connectivity index (χ0) is 12.3. The van der Waals surface area contributed by atoms with Crippen LogP contribution in [-0.2, 0) is 0 Å². The van der Waals surface area contributed by atoms with Crippen LogP contribution in [0.4, 0.5) is 0 Å². The number of tetrazole rings is 1. The molecule has 0 aliphatic heterocycles. The molecule has 0 aliphatic rings. The minimum Gasteiger partial charge on any atom is -0.488 e. The van der Waals surface area contributed by atoms with Gasteiger partial charge in [-0.25, -0.2) is 0 Å². The molecule has 1 aromatic carbocycles. The third-order valence-electron chi connectivity index (χ3n) is 2.10. The van der Waals surface area contributed by atoms with Gasteiger partial charge in [0, 0.05) is 0 Å². The molecule has 0 atom stereocenters. The Hall–Kier alpha value is -2.24. The molecule has 0 saturated carbocycles. The molecule has 1 aromatic heterocycles. The summed E-state index contributed by atoms with van der Waals surface area (Å²) >= 11 is 0. The van der Waals surface area contributed by atoms with Crippen molar-refractivity contribution in [3.63, 3.8) is 0 Å². The number of hydrogen-bond acceptors (Lipinski definition) is 5. The molecule has 1 heterocycles. The van der Waals surface area contributed by atoms with E-state index in [1.807, 2.05) is 13.8 Å². The van der Waals surface area contributed by atoms with Crippen LogP contribution in [0.2, 0.25) is 0 Å². The number of nitrogens with zero attached hydrogens (tertiary/aromatic N) is 4. The van der Waals surface area contributed by atoms with E-state index in [-0.39, 0.29) is 6.10 Å². The lowest BCUT2D eigenvalue weighted by atomic mass is 10.2. The number of hydrogen-bond donors (Lipinski definition) is 0. The molecule has 6 heteroatoms. The number of rotatable bonds is 4. The molecule has 0 bridgehead atoms. The van der Waals surface area contributed by atoms with Gasteiger partial charge in [0.1, 0.15) is 12.0 Å². The average Bonchev–Trinajstić information content (AvgIpc) is 2.82. The van der Waals surface area contributed by atoms with E-state index in [0.717, 1.165) is 6.29 Å². The second-order valence-corrected chi connectivity index (χ2v) is 3.73. The largest absolute Gasteiger partial charge is 0.488 e. The zero-order valence-corrected chi connectivity index (χ0v) is 9.57. The molecule has 0 spiro atoms. The second kappa shape index (κ2) is 4.73. The van der Waals surface area contributed by atoms with Crippen molar-refractivity contribution in [3.8, 4) is 11.4 Å². The minimum atomic E-state index is -0.0358. The average molecular weight is 232 g/mol. The van der Waals surface area contributed by atoms with Crippen LogP contribution in [0.15, 0.2) is 24.5 Å². The van der Waals surface area contributed by atoms with E-state index in [1.165, 1.54) is 11.0 Å². The van der Waals surface area contributed by atoms with Crippen molar-refractivity contribution < 1.29 is 9.53 Å². The molecular formula is C11H12N4O2. The van der Waals surface area contributed by atoms with Crippen molar-refractivity contribution >= 4 is 6.29 Å². The minimum absolute atomic E-state index is 0.0358. The van der Waals surface area contributed by atoms with Crippen LogP contribution >= 0.6 is 0 Å². The maximum atomic E-state index is 11.0. The summed E-state index contributed by atoms with van der Waals surface area (Å²) in [7, 11) is 0. The first-order valence-corrected chi connectivity index (χ1v) is 5.20. The Labute approximate surface area is 98.2 Å². The van der Waals surface area contributed by atoms with Crippen LogP contribution < -0.4 is 4.74 Å². The normalized spacial score (nSPS) is 10.5. The highest BCUT2D eigenvalue weighted by Crippen LogP contribution is 2.26. The summed E-state index contributed by atoms with van der Waals surface area (Å²) in [6.07, 6.45) is 2.18. The predicted molar refractivity (Wildman–Crippen MR) is 60.3 cm³/mol. The molecule has 6 nitrogen and oxygen atoms in total.